The van der Waals surface area contributed by atoms with Gasteiger partial charge in [0, 0.05) is 19.0 Å². The number of carbonyl (C=O) groups excluding carboxylic acids is 1. The van der Waals surface area contributed by atoms with E-state index in [1.54, 1.807) is 4.90 Å². The number of para-hydroxylation sites is 1. The molecule has 0 spiro atoms. The van der Waals surface area contributed by atoms with E-state index < -0.39 is 0 Å². The van der Waals surface area contributed by atoms with Crippen LogP contribution in [0.5, 0.6) is 0 Å². The van der Waals surface area contributed by atoms with Crippen LogP contribution in [0.15, 0.2) is 24.3 Å². The largest absolute Gasteiger partial charge is 0.326 e. The molecule has 0 aliphatic carbocycles. The van der Waals surface area contributed by atoms with Crippen LogP contribution < -0.4 is 10.6 Å². The molecule has 1 aliphatic rings. The number of hydrogen-bond acceptors (Lipinski definition) is 4. The van der Waals surface area contributed by atoms with Gasteiger partial charge < -0.3 is 5.73 Å². The predicted molar refractivity (Wildman–Crippen MR) is 64.6 cm³/mol. The number of anilines is 1. The third kappa shape index (κ3) is 1.48. The van der Waals surface area contributed by atoms with Crippen molar-refractivity contribution in [2.24, 2.45) is 5.73 Å². The van der Waals surface area contributed by atoms with Crippen molar-refractivity contribution in [3.8, 4) is 0 Å². The van der Waals surface area contributed by atoms with Crippen LogP contribution in [0.2, 0.25) is 0 Å². The summed E-state index contributed by atoms with van der Waals surface area (Å²) in [6, 6.07) is 7.83. The van der Waals surface area contributed by atoms with Crippen molar-refractivity contribution < 1.29 is 4.79 Å². The van der Waals surface area contributed by atoms with Gasteiger partial charge in [-0.2, -0.15) is 0 Å². The quantitative estimate of drug-likeness (QED) is 0.809. The smallest absolute Gasteiger partial charge is 0.230 e. The minimum atomic E-state index is -0.0560. The molecule has 2 aromatic rings. The van der Waals surface area contributed by atoms with Gasteiger partial charge in [0.25, 0.3) is 0 Å². The van der Waals surface area contributed by atoms with Crippen molar-refractivity contribution in [2.75, 3.05) is 11.4 Å². The maximum absolute atomic E-state index is 11.7. The molecule has 2 N–H and O–H groups in total. The van der Waals surface area contributed by atoms with E-state index in [0.717, 1.165) is 15.3 Å². The number of thiazole rings is 1. The standard InChI is InChI=1S/C11H11N3OS/c12-7-5-10(15)14(6-7)11-13-8-3-1-2-4-9(8)16-11/h1-4,7H,5-6,12H2. The normalized spacial score (nSPS) is 20.9. The minimum absolute atomic E-state index is 0.0560. The zero-order chi connectivity index (χ0) is 11.1. The molecule has 0 radical (unpaired) electrons. The Kier molecular flexibility index (Phi) is 2.15. The Labute approximate surface area is 96.7 Å². The van der Waals surface area contributed by atoms with Crippen molar-refractivity contribution in [3.05, 3.63) is 24.3 Å². The van der Waals surface area contributed by atoms with Crippen molar-refractivity contribution >= 4 is 32.6 Å². The first-order valence-electron chi connectivity index (χ1n) is 5.15. The summed E-state index contributed by atoms with van der Waals surface area (Å²) in [6.07, 6.45) is 0.427. The molecule has 2 heterocycles. The third-order valence-electron chi connectivity index (χ3n) is 2.67. The van der Waals surface area contributed by atoms with Gasteiger partial charge in [0.15, 0.2) is 5.13 Å². The van der Waals surface area contributed by atoms with Gasteiger partial charge in [-0.3, -0.25) is 9.69 Å². The topological polar surface area (TPSA) is 59.2 Å². The first-order chi connectivity index (χ1) is 7.74. The molecule has 0 bridgehead atoms. The molecule has 1 fully saturated rings. The van der Waals surface area contributed by atoms with Gasteiger partial charge in [-0.15, -0.1) is 0 Å². The lowest BCUT2D eigenvalue weighted by Crippen LogP contribution is -2.27. The number of benzene rings is 1. The predicted octanol–water partition coefficient (Wildman–Crippen LogP) is 1.36. The third-order valence-corrected chi connectivity index (χ3v) is 3.73. The van der Waals surface area contributed by atoms with Crippen molar-refractivity contribution in [1.82, 2.24) is 4.98 Å². The van der Waals surface area contributed by atoms with Crippen LogP contribution in [0, 0.1) is 0 Å². The Morgan fingerprint density at radius 2 is 2.25 bits per heavy atom. The van der Waals surface area contributed by atoms with E-state index in [1.165, 1.54) is 11.3 Å². The highest BCUT2D eigenvalue weighted by Gasteiger charge is 2.29. The zero-order valence-corrected chi connectivity index (χ0v) is 9.41. The fourth-order valence-electron chi connectivity index (χ4n) is 1.90. The first kappa shape index (κ1) is 9.74. The number of carbonyl (C=O) groups is 1. The number of amides is 1. The zero-order valence-electron chi connectivity index (χ0n) is 8.59. The number of fused-ring (bicyclic) bond motifs is 1. The molecule has 4 nitrogen and oxygen atoms in total. The SMILES string of the molecule is NC1CC(=O)N(c2nc3ccccc3s2)C1. The monoisotopic (exact) mass is 233 g/mol. The summed E-state index contributed by atoms with van der Waals surface area (Å²) in [5.74, 6) is 0.0755. The summed E-state index contributed by atoms with van der Waals surface area (Å²) in [4.78, 5) is 17.8. The molecule has 3 rings (SSSR count). The number of nitrogens with two attached hydrogens (primary N) is 1. The second-order valence-electron chi connectivity index (χ2n) is 3.93. The Balaban J connectivity index is 2.03. The van der Waals surface area contributed by atoms with Gasteiger partial charge in [-0.05, 0) is 12.1 Å². The Morgan fingerprint density at radius 3 is 2.94 bits per heavy atom. The van der Waals surface area contributed by atoms with E-state index in [2.05, 4.69) is 4.98 Å². The number of rotatable bonds is 1. The van der Waals surface area contributed by atoms with Crippen molar-refractivity contribution in [3.63, 3.8) is 0 Å². The van der Waals surface area contributed by atoms with Gasteiger partial charge in [0.05, 0.1) is 10.2 Å². The first-order valence-corrected chi connectivity index (χ1v) is 5.97. The highest BCUT2D eigenvalue weighted by atomic mass is 32.1. The molecule has 1 aliphatic heterocycles. The van der Waals surface area contributed by atoms with Crippen LogP contribution in [0.3, 0.4) is 0 Å². The average molecular weight is 233 g/mol. The number of hydrogen-bond donors (Lipinski definition) is 1. The van der Waals surface area contributed by atoms with E-state index in [9.17, 15) is 4.79 Å². The lowest BCUT2D eigenvalue weighted by Gasteiger charge is -2.10. The van der Waals surface area contributed by atoms with Crippen LogP contribution in [0.4, 0.5) is 5.13 Å². The summed E-state index contributed by atoms with van der Waals surface area (Å²) in [5.41, 5.74) is 6.70. The summed E-state index contributed by atoms with van der Waals surface area (Å²) in [6.45, 7) is 0.582. The molecule has 16 heavy (non-hydrogen) atoms. The van der Waals surface area contributed by atoms with Gasteiger partial charge in [-0.1, -0.05) is 23.5 Å². The second-order valence-corrected chi connectivity index (χ2v) is 4.94. The molecule has 82 valence electrons. The van der Waals surface area contributed by atoms with Gasteiger partial charge >= 0.3 is 0 Å². The van der Waals surface area contributed by atoms with Crippen LogP contribution in [-0.2, 0) is 4.79 Å². The summed E-state index contributed by atoms with van der Waals surface area (Å²) in [5, 5.41) is 0.763. The molecule has 1 saturated heterocycles. The van der Waals surface area contributed by atoms with E-state index in [-0.39, 0.29) is 11.9 Å². The van der Waals surface area contributed by atoms with Crippen molar-refractivity contribution in [1.29, 1.82) is 0 Å². The minimum Gasteiger partial charge on any atom is -0.326 e. The van der Waals surface area contributed by atoms with E-state index >= 15 is 0 Å². The fourth-order valence-corrected chi connectivity index (χ4v) is 2.89. The van der Waals surface area contributed by atoms with E-state index in [0.29, 0.717) is 13.0 Å². The number of aromatic nitrogens is 1. The molecule has 1 amide bonds. The molecule has 1 atom stereocenters. The Morgan fingerprint density at radius 1 is 1.44 bits per heavy atom. The maximum Gasteiger partial charge on any atom is 0.230 e. The molecule has 1 aromatic carbocycles. The fraction of sp³-hybridized carbons (Fsp3) is 0.273. The lowest BCUT2D eigenvalue weighted by atomic mass is 10.3. The van der Waals surface area contributed by atoms with Crippen LogP contribution in [0.25, 0.3) is 10.2 Å². The van der Waals surface area contributed by atoms with Gasteiger partial charge in [0.1, 0.15) is 0 Å². The molecular weight excluding hydrogens is 222 g/mol. The van der Waals surface area contributed by atoms with Crippen LogP contribution >= 0.6 is 11.3 Å². The summed E-state index contributed by atoms with van der Waals surface area (Å²) in [7, 11) is 0. The highest BCUT2D eigenvalue weighted by molar-refractivity contribution is 7.22. The molecule has 1 unspecified atom stereocenters. The van der Waals surface area contributed by atoms with Crippen LogP contribution in [0.1, 0.15) is 6.42 Å². The number of nitrogens with zero attached hydrogens (tertiary/aromatic N) is 2. The Bertz CT molecular complexity index is 518. The summed E-state index contributed by atoms with van der Waals surface area (Å²) >= 11 is 1.54. The highest BCUT2D eigenvalue weighted by Crippen LogP contribution is 2.30. The van der Waals surface area contributed by atoms with E-state index in [1.807, 2.05) is 24.3 Å². The molecular formula is C11H11N3OS. The summed E-state index contributed by atoms with van der Waals surface area (Å²) < 4.78 is 1.10. The molecule has 5 heteroatoms. The van der Waals surface area contributed by atoms with E-state index in [4.69, 9.17) is 5.73 Å². The Hall–Kier alpha value is -1.46. The molecule has 0 saturated carbocycles. The lowest BCUT2D eigenvalue weighted by molar-refractivity contribution is -0.117. The van der Waals surface area contributed by atoms with Gasteiger partial charge in [0.2, 0.25) is 5.91 Å². The second kappa shape index (κ2) is 3.54. The average Bonchev–Trinajstić information content (AvgIpc) is 2.81. The van der Waals surface area contributed by atoms with Gasteiger partial charge in [-0.25, -0.2) is 4.98 Å². The maximum atomic E-state index is 11.7. The van der Waals surface area contributed by atoms with Crippen LogP contribution in [-0.4, -0.2) is 23.5 Å². The molecule has 1 aromatic heterocycles. The van der Waals surface area contributed by atoms with Crippen molar-refractivity contribution in [2.45, 2.75) is 12.5 Å².